The molecular formula is C16H21NO3S. The van der Waals surface area contributed by atoms with Crippen molar-refractivity contribution in [3.63, 3.8) is 0 Å². The predicted molar refractivity (Wildman–Crippen MR) is 84.5 cm³/mol. The van der Waals surface area contributed by atoms with E-state index in [1.807, 2.05) is 0 Å². The highest BCUT2D eigenvalue weighted by Crippen LogP contribution is 2.27. The number of amides is 1. The topological polar surface area (TPSA) is 66.4 Å². The summed E-state index contributed by atoms with van der Waals surface area (Å²) < 4.78 is 0. The van der Waals surface area contributed by atoms with Gasteiger partial charge >= 0.3 is 5.97 Å². The second-order valence-electron chi connectivity index (χ2n) is 5.44. The summed E-state index contributed by atoms with van der Waals surface area (Å²) in [6, 6.07) is 2.01. The summed E-state index contributed by atoms with van der Waals surface area (Å²) >= 11 is 1.38. The van der Waals surface area contributed by atoms with Gasteiger partial charge in [0.05, 0.1) is 5.56 Å². The number of nitrogens with one attached hydrogen (secondary N) is 1. The van der Waals surface area contributed by atoms with Crippen LogP contribution in [0.25, 0.3) is 6.08 Å². The number of carboxylic acids is 1. The SMILES string of the molecule is CCC1CCCCC1NC(=O)c1csc(C=CC(=O)O)c1. The van der Waals surface area contributed by atoms with Crippen molar-refractivity contribution in [2.75, 3.05) is 0 Å². The van der Waals surface area contributed by atoms with Crippen LogP contribution in [0.1, 0.15) is 54.3 Å². The van der Waals surface area contributed by atoms with Gasteiger partial charge in [0.2, 0.25) is 0 Å². The van der Waals surface area contributed by atoms with Gasteiger partial charge in [-0.2, -0.15) is 0 Å². The number of hydrogen-bond acceptors (Lipinski definition) is 3. The molecule has 1 heterocycles. The largest absolute Gasteiger partial charge is 0.478 e. The minimum absolute atomic E-state index is 0.0495. The average molecular weight is 307 g/mol. The normalized spacial score (nSPS) is 22.3. The lowest BCUT2D eigenvalue weighted by Gasteiger charge is -2.31. The van der Waals surface area contributed by atoms with E-state index in [2.05, 4.69) is 12.2 Å². The van der Waals surface area contributed by atoms with Gasteiger partial charge in [-0.3, -0.25) is 4.79 Å². The van der Waals surface area contributed by atoms with E-state index in [0.29, 0.717) is 11.5 Å². The first-order chi connectivity index (χ1) is 10.1. The van der Waals surface area contributed by atoms with Gasteiger partial charge < -0.3 is 10.4 Å². The molecule has 1 fully saturated rings. The molecule has 21 heavy (non-hydrogen) atoms. The summed E-state index contributed by atoms with van der Waals surface area (Å²) in [5, 5.41) is 13.5. The third-order valence-electron chi connectivity index (χ3n) is 4.02. The monoisotopic (exact) mass is 307 g/mol. The van der Waals surface area contributed by atoms with Crippen molar-refractivity contribution < 1.29 is 14.7 Å². The van der Waals surface area contributed by atoms with Crippen molar-refractivity contribution in [3.05, 3.63) is 28.0 Å². The van der Waals surface area contributed by atoms with Gasteiger partial charge in [0.25, 0.3) is 5.91 Å². The smallest absolute Gasteiger partial charge is 0.328 e. The number of aliphatic carboxylic acids is 1. The van der Waals surface area contributed by atoms with Crippen molar-refractivity contribution in [2.24, 2.45) is 5.92 Å². The lowest BCUT2D eigenvalue weighted by atomic mass is 9.83. The Labute approximate surface area is 128 Å². The summed E-state index contributed by atoms with van der Waals surface area (Å²) in [6.07, 6.45) is 8.38. The van der Waals surface area contributed by atoms with Gasteiger partial charge in [-0.25, -0.2) is 4.79 Å². The zero-order chi connectivity index (χ0) is 15.2. The Morgan fingerprint density at radius 1 is 1.43 bits per heavy atom. The third kappa shape index (κ3) is 4.43. The fraction of sp³-hybridized carbons (Fsp3) is 0.500. The zero-order valence-corrected chi connectivity index (χ0v) is 13.0. The number of hydrogen-bond donors (Lipinski definition) is 2. The van der Waals surface area contributed by atoms with E-state index in [9.17, 15) is 9.59 Å². The first-order valence-electron chi connectivity index (χ1n) is 7.40. The molecule has 0 spiro atoms. The van der Waals surface area contributed by atoms with Crippen molar-refractivity contribution in [1.82, 2.24) is 5.32 Å². The molecule has 0 radical (unpaired) electrons. The molecule has 114 valence electrons. The van der Waals surface area contributed by atoms with Crippen LogP contribution in [0.3, 0.4) is 0 Å². The summed E-state index contributed by atoms with van der Waals surface area (Å²) in [6.45, 7) is 2.18. The van der Waals surface area contributed by atoms with Crippen molar-refractivity contribution in [1.29, 1.82) is 0 Å². The Balaban J connectivity index is 1.98. The minimum atomic E-state index is -0.984. The maximum absolute atomic E-state index is 12.3. The van der Waals surface area contributed by atoms with E-state index in [1.165, 1.54) is 36.7 Å². The number of thiophene rings is 1. The molecular weight excluding hydrogens is 286 g/mol. The average Bonchev–Trinajstić information content (AvgIpc) is 2.94. The van der Waals surface area contributed by atoms with Crippen LogP contribution >= 0.6 is 11.3 Å². The van der Waals surface area contributed by atoms with E-state index in [0.717, 1.165) is 23.8 Å². The van der Waals surface area contributed by atoms with Crippen LogP contribution in [0.2, 0.25) is 0 Å². The molecule has 4 nitrogen and oxygen atoms in total. The molecule has 2 rings (SSSR count). The lowest BCUT2D eigenvalue weighted by Crippen LogP contribution is -2.41. The third-order valence-corrected chi connectivity index (χ3v) is 4.92. The molecule has 1 aromatic heterocycles. The van der Waals surface area contributed by atoms with Gasteiger partial charge in [0, 0.05) is 22.4 Å². The minimum Gasteiger partial charge on any atom is -0.478 e. The standard InChI is InChI=1S/C16H21NO3S/c1-2-11-5-3-4-6-14(11)17-16(20)12-9-13(21-10-12)7-8-15(18)19/h7-11,14H,2-6H2,1H3,(H,17,20)(H,18,19). The Bertz CT molecular complexity index is 535. The maximum atomic E-state index is 12.3. The van der Waals surface area contributed by atoms with Gasteiger partial charge in [0.1, 0.15) is 0 Å². The summed E-state index contributed by atoms with van der Waals surface area (Å²) in [5.41, 5.74) is 0.616. The molecule has 2 atom stereocenters. The van der Waals surface area contributed by atoms with Crippen LogP contribution in [0.5, 0.6) is 0 Å². The molecule has 1 aliphatic rings. The number of rotatable bonds is 5. The maximum Gasteiger partial charge on any atom is 0.328 e. The fourth-order valence-corrected chi connectivity index (χ4v) is 3.63. The van der Waals surface area contributed by atoms with E-state index < -0.39 is 5.97 Å². The second-order valence-corrected chi connectivity index (χ2v) is 6.38. The fourth-order valence-electron chi connectivity index (χ4n) is 2.85. The molecule has 0 saturated heterocycles. The van der Waals surface area contributed by atoms with Crippen LogP contribution in [-0.4, -0.2) is 23.0 Å². The molecule has 1 amide bonds. The number of carboxylic acid groups (broad SMARTS) is 1. The van der Waals surface area contributed by atoms with Crippen LogP contribution in [0, 0.1) is 5.92 Å². The van der Waals surface area contributed by atoms with E-state index >= 15 is 0 Å². The quantitative estimate of drug-likeness (QED) is 0.818. The molecule has 5 heteroatoms. The van der Waals surface area contributed by atoms with Crippen LogP contribution in [0.15, 0.2) is 17.5 Å². The van der Waals surface area contributed by atoms with Crippen LogP contribution in [0.4, 0.5) is 0 Å². The van der Waals surface area contributed by atoms with Gasteiger partial charge in [-0.15, -0.1) is 11.3 Å². The molecule has 0 bridgehead atoms. The molecule has 1 saturated carbocycles. The molecule has 0 aliphatic heterocycles. The second kappa shape index (κ2) is 7.41. The summed E-state index contributed by atoms with van der Waals surface area (Å²) in [5.74, 6) is -0.457. The predicted octanol–water partition coefficient (Wildman–Crippen LogP) is 3.54. The van der Waals surface area contributed by atoms with Crippen LogP contribution in [-0.2, 0) is 4.79 Å². The van der Waals surface area contributed by atoms with Gasteiger partial charge in [0.15, 0.2) is 0 Å². The van der Waals surface area contributed by atoms with E-state index in [1.54, 1.807) is 11.4 Å². The Hall–Kier alpha value is -1.62. The molecule has 1 aliphatic carbocycles. The Kier molecular flexibility index (Phi) is 5.56. The van der Waals surface area contributed by atoms with E-state index in [-0.39, 0.29) is 11.9 Å². The van der Waals surface area contributed by atoms with Crippen LogP contribution < -0.4 is 5.32 Å². The molecule has 1 aromatic rings. The van der Waals surface area contributed by atoms with Crippen molar-refractivity contribution >= 4 is 29.3 Å². The summed E-state index contributed by atoms with van der Waals surface area (Å²) in [4.78, 5) is 23.5. The van der Waals surface area contributed by atoms with E-state index in [4.69, 9.17) is 5.11 Å². The Morgan fingerprint density at radius 2 is 2.19 bits per heavy atom. The lowest BCUT2D eigenvalue weighted by molar-refractivity contribution is -0.131. The highest BCUT2D eigenvalue weighted by atomic mass is 32.1. The highest BCUT2D eigenvalue weighted by Gasteiger charge is 2.25. The highest BCUT2D eigenvalue weighted by molar-refractivity contribution is 7.11. The number of carbonyl (C=O) groups is 2. The zero-order valence-electron chi connectivity index (χ0n) is 12.2. The van der Waals surface area contributed by atoms with Crippen molar-refractivity contribution in [3.8, 4) is 0 Å². The first-order valence-corrected chi connectivity index (χ1v) is 8.28. The van der Waals surface area contributed by atoms with Gasteiger partial charge in [-0.05, 0) is 30.9 Å². The summed E-state index contributed by atoms with van der Waals surface area (Å²) in [7, 11) is 0. The molecule has 2 unspecified atom stereocenters. The molecule has 0 aromatic carbocycles. The van der Waals surface area contributed by atoms with Crippen molar-refractivity contribution in [2.45, 2.75) is 45.1 Å². The first kappa shape index (κ1) is 15.8. The molecule has 2 N–H and O–H groups in total. The Morgan fingerprint density at radius 3 is 2.90 bits per heavy atom. The number of carbonyl (C=O) groups excluding carboxylic acids is 1. The van der Waals surface area contributed by atoms with Gasteiger partial charge in [-0.1, -0.05) is 26.2 Å².